The maximum Gasteiger partial charge on any atom is 0.200 e. The van der Waals surface area contributed by atoms with Crippen molar-refractivity contribution >= 4 is 27.0 Å². The third-order valence-corrected chi connectivity index (χ3v) is 3.84. The van der Waals surface area contributed by atoms with E-state index >= 15 is 0 Å². The van der Waals surface area contributed by atoms with Crippen molar-refractivity contribution in [3.05, 3.63) is 34.2 Å². The molecule has 0 amide bonds. The van der Waals surface area contributed by atoms with Crippen molar-refractivity contribution in [2.75, 3.05) is 6.61 Å². The number of halogens is 1. The van der Waals surface area contributed by atoms with E-state index in [9.17, 15) is 8.42 Å². The fraction of sp³-hybridized carbons (Fsp3) is 0.111. The topological polar surface area (TPSA) is 54.4 Å². The number of benzene rings is 1. The summed E-state index contributed by atoms with van der Waals surface area (Å²) in [6.07, 6.45) is 0. The highest BCUT2D eigenvalue weighted by atomic mass is 35.5. The summed E-state index contributed by atoms with van der Waals surface area (Å²) in [6, 6.07) is 4.60. The third-order valence-electron chi connectivity index (χ3n) is 2.06. The molecule has 1 aromatic rings. The molecule has 0 atom stereocenters. The van der Waals surface area contributed by atoms with Crippen LogP contribution in [0.15, 0.2) is 28.5 Å². The number of hydrogen-bond donors (Lipinski definition) is 1. The molecule has 0 unspecified atom stereocenters. The number of aliphatic hydroxyl groups excluding tert-OH is 1. The fourth-order valence-corrected chi connectivity index (χ4v) is 3.17. The van der Waals surface area contributed by atoms with Gasteiger partial charge in [0.2, 0.25) is 9.84 Å². The van der Waals surface area contributed by atoms with E-state index in [4.69, 9.17) is 16.7 Å². The Bertz CT molecular complexity index is 517. The van der Waals surface area contributed by atoms with E-state index in [0.717, 1.165) is 5.41 Å². The molecular weight excluding hydrogens is 224 g/mol. The number of hydrogen-bond acceptors (Lipinski definition) is 3. The lowest BCUT2D eigenvalue weighted by molar-refractivity contribution is 0.350. The number of rotatable bonds is 1. The Kier molecular flexibility index (Phi) is 2.14. The first-order chi connectivity index (χ1) is 6.54. The second-order valence-electron chi connectivity index (χ2n) is 2.99. The van der Waals surface area contributed by atoms with Crippen molar-refractivity contribution in [2.45, 2.75) is 4.90 Å². The van der Waals surface area contributed by atoms with Gasteiger partial charge in [-0.2, -0.15) is 0 Å². The summed E-state index contributed by atoms with van der Waals surface area (Å²) in [7, 11) is -3.40. The molecule has 74 valence electrons. The van der Waals surface area contributed by atoms with Crippen molar-refractivity contribution in [2.24, 2.45) is 0 Å². The molecule has 1 aromatic carbocycles. The van der Waals surface area contributed by atoms with Gasteiger partial charge in [-0.1, -0.05) is 17.7 Å². The highest BCUT2D eigenvalue weighted by Crippen LogP contribution is 2.34. The molecule has 0 fully saturated rings. The van der Waals surface area contributed by atoms with Crippen LogP contribution >= 0.6 is 11.6 Å². The molecule has 1 N–H and O–H groups in total. The van der Waals surface area contributed by atoms with E-state index in [-0.39, 0.29) is 11.5 Å². The Balaban J connectivity index is 2.75. The minimum atomic E-state index is -3.40. The Morgan fingerprint density at radius 3 is 2.71 bits per heavy atom. The summed E-state index contributed by atoms with van der Waals surface area (Å²) in [6.45, 7) is -0.284. The monoisotopic (exact) mass is 230 g/mol. The van der Waals surface area contributed by atoms with Crippen molar-refractivity contribution in [3.8, 4) is 0 Å². The second kappa shape index (κ2) is 3.08. The normalized spacial score (nSPS) is 17.7. The van der Waals surface area contributed by atoms with Gasteiger partial charge < -0.3 is 5.11 Å². The molecule has 1 aliphatic rings. The number of fused-ring (bicyclic) bond motifs is 1. The van der Waals surface area contributed by atoms with Crippen molar-refractivity contribution in [1.82, 2.24) is 0 Å². The van der Waals surface area contributed by atoms with Crippen molar-refractivity contribution < 1.29 is 13.5 Å². The molecule has 0 aliphatic carbocycles. The summed E-state index contributed by atoms with van der Waals surface area (Å²) >= 11 is 5.69. The van der Waals surface area contributed by atoms with Crippen molar-refractivity contribution in [3.63, 3.8) is 0 Å². The molecule has 0 aromatic heterocycles. The molecule has 0 saturated carbocycles. The van der Waals surface area contributed by atoms with Gasteiger partial charge in [0.1, 0.15) is 0 Å². The van der Waals surface area contributed by atoms with E-state index in [1.165, 1.54) is 6.07 Å². The second-order valence-corrected chi connectivity index (χ2v) is 5.19. The minimum absolute atomic E-state index is 0.175. The number of aliphatic hydroxyl groups is 1. The lowest BCUT2D eigenvalue weighted by Gasteiger charge is -2.00. The van der Waals surface area contributed by atoms with Crippen molar-refractivity contribution in [1.29, 1.82) is 0 Å². The van der Waals surface area contributed by atoms with Gasteiger partial charge in [0.25, 0.3) is 0 Å². The largest absolute Gasteiger partial charge is 0.392 e. The van der Waals surface area contributed by atoms with E-state index < -0.39 is 9.84 Å². The van der Waals surface area contributed by atoms with Gasteiger partial charge in [0.15, 0.2) is 0 Å². The van der Waals surface area contributed by atoms with Crippen LogP contribution < -0.4 is 0 Å². The number of sulfone groups is 1. The molecule has 14 heavy (non-hydrogen) atoms. The third kappa shape index (κ3) is 1.35. The van der Waals surface area contributed by atoms with Crippen LogP contribution in [0.3, 0.4) is 0 Å². The van der Waals surface area contributed by atoms with Gasteiger partial charge in [-0.05, 0) is 23.3 Å². The molecule has 0 spiro atoms. The molecule has 5 heteroatoms. The van der Waals surface area contributed by atoms with E-state index in [1.807, 2.05) is 0 Å². The van der Waals surface area contributed by atoms with Gasteiger partial charge in [0.05, 0.1) is 11.5 Å². The lowest BCUT2D eigenvalue weighted by atomic mass is 10.1. The van der Waals surface area contributed by atoms with Crippen LogP contribution in [-0.2, 0) is 9.84 Å². The summed E-state index contributed by atoms with van der Waals surface area (Å²) in [5.41, 5.74) is 0.952. The lowest BCUT2D eigenvalue weighted by Crippen LogP contribution is -1.93. The Morgan fingerprint density at radius 1 is 1.36 bits per heavy atom. The highest BCUT2D eigenvalue weighted by molar-refractivity contribution is 7.95. The van der Waals surface area contributed by atoms with Crippen LogP contribution in [0, 0.1) is 0 Å². The Hall–Kier alpha value is -0.840. The highest BCUT2D eigenvalue weighted by Gasteiger charge is 2.26. The smallest absolute Gasteiger partial charge is 0.200 e. The summed E-state index contributed by atoms with van der Waals surface area (Å²) in [5.74, 6) is 0. The molecule has 0 radical (unpaired) electrons. The predicted molar refractivity (Wildman–Crippen MR) is 53.7 cm³/mol. The average Bonchev–Trinajstić information content (AvgIpc) is 2.38. The van der Waals surface area contributed by atoms with Crippen LogP contribution in [0.1, 0.15) is 5.56 Å². The average molecular weight is 231 g/mol. The quantitative estimate of drug-likeness (QED) is 0.795. The first kappa shape index (κ1) is 9.71. The zero-order chi connectivity index (χ0) is 10.3. The summed E-state index contributed by atoms with van der Waals surface area (Å²) in [5, 5.41) is 10.4. The zero-order valence-corrected chi connectivity index (χ0v) is 8.64. The van der Waals surface area contributed by atoms with Gasteiger partial charge in [-0.3, -0.25) is 0 Å². The minimum Gasteiger partial charge on any atom is -0.392 e. The van der Waals surface area contributed by atoms with E-state index in [2.05, 4.69) is 0 Å². The zero-order valence-electron chi connectivity index (χ0n) is 7.07. The van der Waals surface area contributed by atoms with Gasteiger partial charge >= 0.3 is 0 Å². The molecule has 1 aliphatic heterocycles. The summed E-state index contributed by atoms with van der Waals surface area (Å²) < 4.78 is 23.1. The van der Waals surface area contributed by atoms with Crippen LogP contribution in [0.5, 0.6) is 0 Å². The molecule has 2 rings (SSSR count). The maximum absolute atomic E-state index is 11.5. The van der Waals surface area contributed by atoms with Gasteiger partial charge in [-0.25, -0.2) is 8.42 Å². The van der Waals surface area contributed by atoms with Crippen LogP contribution in [0.25, 0.3) is 5.57 Å². The Morgan fingerprint density at radius 2 is 2.07 bits per heavy atom. The SMILES string of the molecule is O=S1(=O)C=C(CO)c2ccc(Cl)cc21. The molecule has 3 nitrogen and oxygen atoms in total. The van der Waals surface area contributed by atoms with E-state index in [0.29, 0.717) is 16.2 Å². The first-order valence-electron chi connectivity index (χ1n) is 3.91. The van der Waals surface area contributed by atoms with Crippen LogP contribution in [0.4, 0.5) is 0 Å². The molecular formula is C9H7ClO3S. The fourth-order valence-electron chi connectivity index (χ4n) is 1.43. The van der Waals surface area contributed by atoms with Crippen LogP contribution in [0.2, 0.25) is 5.02 Å². The predicted octanol–water partition coefficient (Wildman–Crippen LogP) is 1.46. The summed E-state index contributed by atoms with van der Waals surface area (Å²) in [4.78, 5) is 0.175. The molecule has 1 heterocycles. The maximum atomic E-state index is 11.5. The molecule has 0 bridgehead atoms. The van der Waals surface area contributed by atoms with Crippen LogP contribution in [-0.4, -0.2) is 20.1 Å². The Labute approximate surface area is 86.6 Å². The molecule has 0 saturated heterocycles. The van der Waals surface area contributed by atoms with E-state index in [1.54, 1.807) is 12.1 Å². The van der Waals surface area contributed by atoms with Gasteiger partial charge in [-0.15, -0.1) is 0 Å². The van der Waals surface area contributed by atoms with Gasteiger partial charge in [0, 0.05) is 10.4 Å². The standard InChI is InChI=1S/C9H7ClO3S/c10-7-1-2-8-6(4-11)5-14(12,13)9(8)3-7/h1-3,5,11H,4H2. The first-order valence-corrected chi connectivity index (χ1v) is 5.83.